The summed E-state index contributed by atoms with van der Waals surface area (Å²) in [7, 11) is 0. The van der Waals surface area contributed by atoms with Crippen LogP contribution in [0.4, 0.5) is 0 Å². The van der Waals surface area contributed by atoms with Gasteiger partial charge in [-0.2, -0.15) is 0 Å². The minimum absolute atomic E-state index is 0.0210. The molecule has 1 aliphatic rings. The topological polar surface area (TPSA) is 66.6 Å². The molecule has 2 unspecified atom stereocenters. The maximum atomic E-state index is 12.3. The lowest BCUT2D eigenvalue weighted by atomic mass is 9.94. The van der Waals surface area contributed by atoms with E-state index in [4.69, 9.17) is 5.73 Å². The molecule has 1 saturated heterocycles. The zero-order valence-corrected chi connectivity index (χ0v) is 12.4. The second kappa shape index (κ2) is 5.44. The van der Waals surface area contributed by atoms with E-state index in [1.165, 1.54) is 0 Å². The van der Waals surface area contributed by atoms with Gasteiger partial charge in [-0.3, -0.25) is 4.79 Å². The molecule has 2 rings (SSSR count). The lowest BCUT2D eigenvalue weighted by molar-refractivity contribution is 0.0669. The quantitative estimate of drug-likeness (QED) is 0.751. The zero-order valence-electron chi connectivity index (χ0n) is 10.3. The standard InChI is InChI=1S/C13H17IN2O2/c1-8-4-5-16(7-11(8)15)13(18)10-6-9(14)2-3-12(10)17/h2-3,6,8,11,17H,4-5,7,15H2,1H3. The molecule has 0 aliphatic carbocycles. The van der Waals surface area contributed by atoms with Crippen LogP contribution < -0.4 is 5.73 Å². The van der Waals surface area contributed by atoms with Gasteiger partial charge in [-0.15, -0.1) is 0 Å². The van der Waals surface area contributed by atoms with Gasteiger partial charge in [0.15, 0.2) is 0 Å². The van der Waals surface area contributed by atoms with Gasteiger partial charge in [0, 0.05) is 22.7 Å². The fourth-order valence-corrected chi connectivity index (χ4v) is 2.62. The summed E-state index contributed by atoms with van der Waals surface area (Å²) in [6.07, 6.45) is 0.914. The summed E-state index contributed by atoms with van der Waals surface area (Å²) in [6.45, 7) is 3.37. The van der Waals surface area contributed by atoms with Gasteiger partial charge < -0.3 is 15.7 Å². The highest BCUT2D eigenvalue weighted by molar-refractivity contribution is 14.1. The summed E-state index contributed by atoms with van der Waals surface area (Å²) in [4.78, 5) is 14.1. The largest absolute Gasteiger partial charge is 0.507 e. The third kappa shape index (κ3) is 2.77. The predicted molar refractivity (Wildman–Crippen MR) is 78.5 cm³/mol. The molecule has 0 saturated carbocycles. The number of hydrogen-bond acceptors (Lipinski definition) is 3. The van der Waals surface area contributed by atoms with Crippen LogP contribution in [0.3, 0.4) is 0 Å². The third-order valence-corrected chi connectivity index (χ3v) is 4.16. The Kier molecular flexibility index (Phi) is 4.11. The highest BCUT2D eigenvalue weighted by atomic mass is 127. The molecule has 5 heteroatoms. The van der Waals surface area contributed by atoms with E-state index < -0.39 is 0 Å². The Morgan fingerprint density at radius 1 is 1.56 bits per heavy atom. The number of likely N-dealkylation sites (tertiary alicyclic amines) is 1. The van der Waals surface area contributed by atoms with Crippen molar-refractivity contribution in [2.24, 2.45) is 11.7 Å². The first-order valence-electron chi connectivity index (χ1n) is 6.02. The van der Waals surface area contributed by atoms with Gasteiger partial charge in [-0.05, 0) is 53.1 Å². The number of phenols is 1. The van der Waals surface area contributed by atoms with Crippen LogP contribution in [-0.2, 0) is 0 Å². The van der Waals surface area contributed by atoms with Crippen LogP contribution in [0, 0.1) is 9.49 Å². The molecular formula is C13H17IN2O2. The molecule has 1 fully saturated rings. The molecule has 4 nitrogen and oxygen atoms in total. The van der Waals surface area contributed by atoms with Gasteiger partial charge >= 0.3 is 0 Å². The number of carbonyl (C=O) groups excluding carboxylic acids is 1. The second-order valence-electron chi connectivity index (χ2n) is 4.84. The Morgan fingerprint density at radius 2 is 2.28 bits per heavy atom. The number of hydrogen-bond donors (Lipinski definition) is 2. The SMILES string of the molecule is CC1CCN(C(=O)c2cc(I)ccc2O)CC1N. The lowest BCUT2D eigenvalue weighted by Gasteiger charge is -2.35. The van der Waals surface area contributed by atoms with Crippen molar-refractivity contribution in [1.29, 1.82) is 0 Å². The molecule has 3 N–H and O–H groups in total. The Hall–Kier alpha value is -0.820. The molecule has 1 aromatic rings. The van der Waals surface area contributed by atoms with Crippen LogP contribution in [0.5, 0.6) is 5.75 Å². The first-order valence-corrected chi connectivity index (χ1v) is 7.10. The number of nitrogens with zero attached hydrogens (tertiary/aromatic N) is 1. The Morgan fingerprint density at radius 3 is 2.94 bits per heavy atom. The first kappa shape index (κ1) is 13.6. The monoisotopic (exact) mass is 360 g/mol. The van der Waals surface area contributed by atoms with Gasteiger partial charge in [0.1, 0.15) is 5.75 Å². The van der Waals surface area contributed by atoms with Crippen molar-refractivity contribution in [3.8, 4) is 5.75 Å². The van der Waals surface area contributed by atoms with Crippen molar-refractivity contribution >= 4 is 28.5 Å². The average Bonchev–Trinajstić information content (AvgIpc) is 2.35. The summed E-state index contributed by atoms with van der Waals surface area (Å²) < 4.78 is 0.934. The van der Waals surface area contributed by atoms with Crippen molar-refractivity contribution < 1.29 is 9.90 Å². The van der Waals surface area contributed by atoms with E-state index in [-0.39, 0.29) is 17.7 Å². The van der Waals surface area contributed by atoms with E-state index in [0.29, 0.717) is 24.6 Å². The van der Waals surface area contributed by atoms with Crippen LogP contribution in [0.25, 0.3) is 0 Å². The summed E-state index contributed by atoms with van der Waals surface area (Å²) in [5, 5.41) is 9.77. The fourth-order valence-electron chi connectivity index (χ4n) is 2.13. The molecular weight excluding hydrogens is 343 g/mol. The molecule has 0 radical (unpaired) electrons. The van der Waals surface area contributed by atoms with Crippen LogP contribution in [0.1, 0.15) is 23.7 Å². The van der Waals surface area contributed by atoms with E-state index in [9.17, 15) is 9.90 Å². The van der Waals surface area contributed by atoms with Gasteiger partial charge in [0.05, 0.1) is 5.56 Å². The first-order chi connectivity index (χ1) is 8.49. The molecule has 2 atom stereocenters. The third-order valence-electron chi connectivity index (χ3n) is 3.49. The minimum Gasteiger partial charge on any atom is -0.507 e. The summed E-state index contributed by atoms with van der Waals surface area (Å²) in [6, 6.07) is 5.06. The molecule has 0 aromatic heterocycles. The van der Waals surface area contributed by atoms with Crippen molar-refractivity contribution in [2.45, 2.75) is 19.4 Å². The summed E-state index contributed by atoms with van der Waals surface area (Å²) in [5.41, 5.74) is 6.36. The molecule has 18 heavy (non-hydrogen) atoms. The van der Waals surface area contributed by atoms with Crippen molar-refractivity contribution in [2.75, 3.05) is 13.1 Å². The highest BCUT2D eigenvalue weighted by Gasteiger charge is 2.28. The number of halogens is 1. The van der Waals surface area contributed by atoms with Crippen LogP contribution >= 0.6 is 22.6 Å². The summed E-state index contributed by atoms with van der Waals surface area (Å²) in [5.74, 6) is 0.347. The Bertz CT molecular complexity index is 464. The van der Waals surface area contributed by atoms with E-state index in [1.807, 2.05) is 0 Å². The maximum Gasteiger partial charge on any atom is 0.257 e. The number of phenolic OH excluding ortho intramolecular Hbond substituents is 1. The average molecular weight is 360 g/mol. The molecule has 0 bridgehead atoms. The lowest BCUT2D eigenvalue weighted by Crippen LogP contribution is -2.49. The van der Waals surface area contributed by atoms with Crippen LogP contribution in [-0.4, -0.2) is 35.0 Å². The smallest absolute Gasteiger partial charge is 0.257 e. The van der Waals surface area contributed by atoms with Crippen LogP contribution in [0.2, 0.25) is 0 Å². The van der Waals surface area contributed by atoms with Gasteiger partial charge in [0.25, 0.3) is 5.91 Å². The molecule has 1 aromatic carbocycles. The second-order valence-corrected chi connectivity index (χ2v) is 6.09. The summed E-state index contributed by atoms with van der Waals surface area (Å²) >= 11 is 2.13. The fraction of sp³-hybridized carbons (Fsp3) is 0.462. The van der Waals surface area contributed by atoms with Gasteiger partial charge in [0.2, 0.25) is 0 Å². The van der Waals surface area contributed by atoms with Crippen LogP contribution in [0.15, 0.2) is 18.2 Å². The maximum absolute atomic E-state index is 12.3. The van der Waals surface area contributed by atoms with E-state index in [2.05, 4.69) is 29.5 Å². The number of nitrogens with two attached hydrogens (primary N) is 1. The molecule has 98 valence electrons. The van der Waals surface area contributed by atoms with Crippen molar-refractivity contribution in [1.82, 2.24) is 4.90 Å². The number of amides is 1. The number of carbonyl (C=O) groups is 1. The molecule has 0 spiro atoms. The van der Waals surface area contributed by atoms with Gasteiger partial charge in [-0.25, -0.2) is 0 Å². The van der Waals surface area contributed by atoms with Crippen molar-refractivity contribution in [3.63, 3.8) is 0 Å². The van der Waals surface area contributed by atoms with E-state index in [1.54, 1.807) is 23.1 Å². The Labute approximate surface area is 120 Å². The number of benzene rings is 1. The Balaban J connectivity index is 2.19. The molecule has 1 amide bonds. The van der Waals surface area contributed by atoms with E-state index >= 15 is 0 Å². The molecule has 1 aliphatic heterocycles. The normalized spacial score (nSPS) is 24.1. The zero-order chi connectivity index (χ0) is 13.3. The number of piperidine rings is 1. The van der Waals surface area contributed by atoms with E-state index in [0.717, 1.165) is 9.99 Å². The number of rotatable bonds is 1. The highest BCUT2D eigenvalue weighted by Crippen LogP contribution is 2.24. The van der Waals surface area contributed by atoms with Crippen molar-refractivity contribution in [3.05, 3.63) is 27.3 Å². The molecule has 1 heterocycles. The minimum atomic E-state index is -0.131. The number of aromatic hydroxyl groups is 1. The van der Waals surface area contributed by atoms with Gasteiger partial charge in [-0.1, -0.05) is 6.92 Å². The predicted octanol–water partition coefficient (Wildman–Crippen LogP) is 1.81.